The third-order valence-electron chi connectivity index (χ3n) is 2.55. The second kappa shape index (κ2) is 6.05. The zero-order valence-electron chi connectivity index (χ0n) is 11.4. The minimum atomic E-state index is -0.633. The predicted octanol–water partition coefficient (Wildman–Crippen LogP) is 1.16. The van der Waals surface area contributed by atoms with Gasteiger partial charge in [-0.05, 0) is 20.8 Å². The van der Waals surface area contributed by atoms with Gasteiger partial charge in [-0.15, -0.1) is 0 Å². The molecule has 1 heterocycles. The molecule has 0 amide bonds. The molecule has 102 valence electrons. The van der Waals surface area contributed by atoms with Gasteiger partial charge >= 0.3 is 11.9 Å². The van der Waals surface area contributed by atoms with Crippen LogP contribution in [0.2, 0.25) is 0 Å². The Kier molecular flexibility index (Phi) is 4.70. The Bertz CT molecular complexity index is 509. The van der Waals surface area contributed by atoms with Crippen LogP contribution in [0, 0.1) is 11.3 Å². The minimum Gasteiger partial charge on any atom is -0.466 e. The monoisotopic (exact) mass is 264 g/mol. The molecule has 6 nitrogen and oxygen atoms in total. The van der Waals surface area contributed by atoms with Gasteiger partial charge in [0, 0.05) is 12.1 Å². The summed E-state index contributed by atoms with van der Waals surface area (Å²) in [6.45, 7) is 5.13. The van der Waals surface area contributed by atoms with Crippen LogP contribution in [-0.4, -0.2) is 25.2 Å². The number of hydrogen-bond donors (Lipinski definition) is 1. The topological polar surface area (TPSA) is 88.4 Å². The Morgan fingerprint density at radius 3 is 2.42 bits per heavy atom. The fourth-order valence-corrected chi connectivity index (χ4v) is 1.64. The highest BCUT2D eigenvalue weighted by Crippen LogP contribution is 2.24. The quantitative estimate of drug-likeness (QED) is 0.769. The first kappa shape index (κ1) is 14.8. The van der Waals surface area contributed by atoms with E-state index in [4.69, 9.17) is 10.00 Å². The first-order chi connectivity index (χ1) is 8.90. The molecule has 0 aliphatic carbocycles. The first-order valence-corrected chi connectivity index (χ1v) is 5.80. The van der Waals surface area contributed by atoms with E-state index >= 15 is 0 Å². The van der Waals surface area contributed by atoms with Crippen LogP contribution in [0.3, 0.4) is 0 Å². The number of hydrogen-bond acceptors (Lipinski definition) is 6. The van der Waals surface area contributed by atoms with Gasteiger partial charge in [-0.25, -0.2) is 9.59 Å². The number of allylic oxidation sites excluding steroid dienone is 2. The van der Waals surface area contributed by atoms with Gasteiger partial charge in [0.05, 0.1) is 24.4 Å². The summed E-state index contributed by atoms with van der Waals surface area (Å²) < 4.78 is 9.70. The zero-order valence-corrected chi connectivity index (χ0v) is 11.4. The summed E-state index contributed by atoms with van der Waals surface area (Å²) in [4.78, 5) is 23.5. The standard InChI is InChI=1S/C13H16N2O4/c1-7(2)19-13(17)9-5-10(12(16)18-4)11(6-14)15-8(9)3/h7,15H,5H2,1-4H3. The number of ether oxygens (including phenoxy) is 2. The number of nitriles is 1. The molecule has 0 saturated heterocycles. The van der Waals surface area contributed by atoms with Crippen LogP contribution in [0.4, 0.5) is 0 Å². The van der Waals surface area contributed by atoms with Crippen LogP contribution in [-0.2, 0) is 19.1 Å². The number of methoxy groups -OCH3 is 1. The second-order valence-electron chi connectivity index (χ2n) is 4.32. The van der Waals surface area contributed by atoms with Crippen LogP contribution >= 0.6 is 0 Å². The highest BCUT2D eigenvalue weighted by atomic mass is 16.5. The maximum Gasteiger partial charge on any atom is 0.336 e. The molecule has 0 bridgehead atoms. The van der Waals surface area contributed by atoms with Crippen molar-refractivity contribution < 1.29 is 19.1 Å². The van der Waals surface area contributed by atoms with E-state index in [1.807, 2.05) is 6.07 Å². The van der Waals surface area contributed by atoms with Crippen molar-refractivity contribution in [2.24, 2.45) is 0 Å². The molecule has 6 heteroatoms. The second-order valence-corrected chi connectivity index (χ2v) is 4.32. The Morgan fingerprint density at radius 2 is 1.95 bits per heavy atom. The van der Waals surface area contributed by atoms with E-state index in [2.05, 4.69) is 10.1 Å². The molecular formula is C13H16N2O4. The number of esters is 2. The predicted molar refractivity (Wildman–Crippen MR) is 66.3 cm³/mol. The number of rotatable bonds is 3. The molecule has 0 radical (unpaired) electrons. The van der Waals surface area contributed by atoms with E-state index in [0.717, 1.165) is 0 Å². The third-order valence-corrected chi connectivity index (χ3v) is 2.55. The van der Waals surface area contributed by atoms with Crippen molar-refractivity contribution in [3.8, 4) is 6.07 Å². The Hall–Kier alpha value is -2.29. The summed E-state index contributed by atoms with van der Waals surface area (Å²) in [7, 11) is 1.22. The number of carbonyl (C=O) groups excluding carboxylic acids is 2. The molecule has 0 atom stereocenters. The van der Waals surface area contributed by atoms with Crippen LogP contribution in [0.1, 0.15) is 27.2 Å². The van der Waals surface area contributed by atoms with E-state index in [1.165, 1.54) is 7.11 Å². The number of carbonyl (C=O) groups is 2. The van der Waals surface area contributed by atoms with Gasteiger partial charge in [0.25, 0.3) is 0 Å². The van der Waals surface area contributed by atoms with Crippen molar-refractivity contribution in [2.45, 2.75) is 33.3 Å². The fraction of sp³-hybridized carbons (Fsp3) is 0.462. The molecule has 0 spiro atoms. The maximum atomic E-state index is 11.9. The van der Waals surface area contributed by atoms with Crippen molar-refractivity contribution in [3.05, 3.63) is 22.5 Å². The SMILES string of the molecule is COC(=O)C1=C(C#N)NC(C)=C(C(=O)OC(C)C)C1. The van der Waals surface area contributed by atoms with Gasteiger partial charge in [-0.3, -0.25) is 0 Å². The molecule has 0 saturated carbocycles. The zero-order chi connectivity index (χ0) is 14.6. The van der Waals surface area contributed by atoms with Gasteiger partial charge < -0.3 is 14.8 Å². The van der Waals surface area contributed by atoms with Gasteiger partial charge in [-0.2, -0.15) is 5.26 Å². The van der Waals surface area contributed by atoms with Crippen molar-refractivity contribution in [1.82, 2.24) is 5.32 Å². The molecule has 0 unspecified atom stereocenters. The molecule has 1 aliphatic rings. The van der Waals surface area contributed by atoms with E-state index in [-0.39, 0.29) is 23.8 Å². The molecule has 1 rings (SSSR count). The van der Waals surface area contributed by atoms with E-state index in [1.54, 1.807) is 20.8 Å². The lowest BCUT2D eigenvalue weighted by molar-refractivity contribution is -0.142. The molecule has 0 aromatic carbocycles. The lowest BCUT2D eigenvalue weighted by Crippen LogP contribution is -2.27. The Balaban J connectivity index is 3.03. The summed E-state index contributed by atoms with van der Waals surface area (Å²) in [5, 5.41) is 11.7. The molecule has 0 aromatic rings. The Morgan fingerprint density at radius 1 is 1.32 bits per heavy atom. The van der Waals surface area contributed by atoms with Crippen molar-refractivity contribution in [2.75, 3.05) is 7.11 Å². The largest absolute Gasteiger partial charge is 0.466 e. The lowest BCUT2D eigenvalue weighted by Gasteiger charge is -2.21. The summed E-state index contributed by atoms with van der Waals surface area (Å²) >= 11 is 0. The molecule has 19 heavy (non-hydrogen) atoms. The number of nitrogens with zero attached hydrogens (tertiary/aromatic N) is 1. The highest BCUT2D eigenvalue weighted by molar-refractivity contribution is 5.97. The molecule has 0 fully saturated rings. The van der Waals surface area contributed by atoms with Gasteiger partial charge in [0.1, 0.15) is 11.8 Å². The summed E-state index contributed by atoms with van der Waals surface area (Å²) in [6.07, 6.45) is -0.226. The average molecular weight is 264 g/mol. The lowest BCUT2D eigenvalue weighted by atomic mass is 9.98. The van der Waals surface area contributed by atoms with Crippen LogP contribution in [0.15, 0.2) is 22.5 Å². The third kappa shape index (κ3) is 3.35. The van der Waals surface area contributed by atoms with E-state index in [0.29, 0.717) is 11.3 Å². The maximum absolute atomic E-state index is 11.9. The number of nitrogens with one attached hydrogen (secondary N) is 1. The van der Waals surface area contributed by atoms with Crippen LogP contribution < -0.4 is 5.32 Å². The van der Waals surface area contributed by atoms with Crippen LogP contribution in [0.5, 0.6) is 0 Å². The summed E-state index contributed by atoms with van der Waals surface area (Å²) in [5.74, 6) is -1.13. The Labute approximate surface area is 111 Å². The van der Waals surface area contributed by atoms with Crippen molar-refractivity contribution in [3.63, 3.8) is 0 Å². The van der Waals surface area contributed by atoms with Crippen molar-refractivity contribution >= 4 is 11.9 Å². The van der Waals surface area contributed by atoms with Crippen molar-refractivity contribution in [1.29, 1.82) is 5.26 Å². The van der Waals surface area contributed by atoms with Gasteiger partial charge in [0.2, 0.25) is 0 Å². The van der Waals surface area contributed by atoms with Gasteiger partial charge in [-0.1, -0.05) is 0 Å². The van der Waals surface area contributed by atoms with Gasteiger partial charge in [0.15, 0.2) is 0 Å². The normalized spacial score (nSPS) is 14.9. The molecule has 1 N–H and O–H groups in total. The number of dihydropyridines is 1. The molecule has 1 aliphatic heterocycles. The molecule has 0 aromatic heterocycles. The van der Waals surface area contributed by atoms with E-state index < -0.39 is 11.9 Å². The fourth-order valence-electron chi connectivity index (χ4n) is 1.64. The van der Waals surface area contributed by atoms with Crippen LogP contribution in [0.25, 0.3) is 0 Å². The summed E-state index contributed by atoms with van der Waals surface area (Å²) in [5.41, 5.74) is 1.07. The summed E-state index contributed by atoms with van der Waals surface area (Å²) in [6, 6.07) is 1.88. The molecular weight excluding hydrogens is 248 g/mol. The minimum absolute atomic E-state index is 0.0277. The highest BCUT2D eigenvalue weighted by Gasteiger charge is 2.28. The smallest absolute Gasteiger partial charge is 0.336 e. The average Bonchev–Trinajstić information content (AvgIpc) is 2.36. The first-order valence-electron chi connectivity index (χ1n) is 5.80. The van der Waals surface area contributed by atoms with E-state index in [9.17, 15) is 9.59 Å².